The lowest BCUT2D eigenvalue weighted by atomic mass is 9.95. The van der Waals surface area contributed by atoms with Gasteiger partial charge in [-0.15, -0.1) is 0 Å². The van der Waals surface area contributed by atoms with E-state index < -0.39 is 23.5 Å². The van der Waals surface area contributed by atoms with Crippen molar-refractivity contribution in [1.82, 2.24) is 9.80 Å². The van der Waals surface area contributed by atoms with E-state index in [-0.39, 0.29) is 23.0 Å². The Morgan fingerprint density at radius 1 is 1.06 bits per heavy atom. The van der Waals surface area contributed by atoms with Gasteiger partial charge < -0.3 is 19.5 Å². The lowest BCUT2D eigenvalue weighted by Gasteiger charge is -2.29. The minimum atomic E-state index is -0.752. The van der Waals surface area contributed by atoms with Crippen molar-refractivity contribution in [2.75, 3.05) is 39.4 Å². The summed E-state index contributed by atoms with van der Waals surface area (Å²) in [4.78, 5) is 30.0. The van der Waals surface area contributed by atoms with Crippen LogP contribution in [0.3, 0.4) is 0 Å². The molecule has 186 valence electrons. The van der Waals surface area contributed by atoms with Crippen molar-refractivity contribution < 1.29 is 28.6 Å². The minimum Gasteiger partial charge on any atom is -0.507 e. The van der Waals surface area contributed by atoms with Crippen LogP contribution in [0.2, 0.25) is 0 Å². The molecule has 4 rings (SSSR count). The molecule has 2 aromatic carbocycles. The smallest absolute Gasteiger partial charge is 0.295 e. The van der Waals surface area contributed by atoms with Crippen LogP contribution in [0.15, 0.2) is 54.1 Å². The standard InChI is InChI=1S/C27H31FN2O5/c1-18(2)35-22-10-6-19(7-11-22)24-23(25(31)20-4-8-21(28)9-5-20)26(32)27(33)30(24)13-3-12-29-14-16-34-17-15-29/h4-11,18,24,31H,3,12-17H2,1-2H3. The van der Waals surface area contributed by atoms with Crippen molar-refractivity contribution in [3.8, 4) is 5.75 Å². The Morgan fingerprint density at radius 3 is 2.34 bits per heavy atom. The number of benzene rings is 2. The molecule has 1 N–H and O–H groups in total. The number of carbonyl (C=O) groups is 2. The van der Waals surface area contributed by atoms with Crippen LogP contribution in [0.4, 0.5) is 4.39 Å². The third kappa shape index (κ3) is 5.71. The number of ether oxygens (including phenoxy) is 2. The Bertz CT molecular complexity index is 1080. The van der Waals surface area contributed by atoms with E-state index in [9.17, 15) is 19.1 Å². The number of amides is 1. The number of aliphatic hydroxyl groups excluding tert-OH is 1. The van der Waals surface area contributed by atoms with Crippen LogP contribution in [0, 0.1) is 5.82 Å². The van der Waals surface area contributed by atoms with E-state index in [1.807, 2.05) is 13.8 Å². The van der Waals surface area contributed by atoms with Crippen LogP contribution in [-0.4, -0.2) is 72.1 Å². The number of nitrogens with zero attached hydrogens (tertiary/aromatic N) is 2. The number of aliphatic hydroxyl groups is 1. The average Bonchev–Trinajstić information content (AvgIpc) is 3.10. The van der Waals surface area contributed by atoms with Crippen molar-refractivity contribution in [1.29, 1.82) is 0 Å². The zero-order chi connectivity index (χ0) is 24.9. The van der Waals surface area contributed by atoms with Gasteiger partial charge in [-0.3, -0.25) is 14.5 Å². The van der Waals surface area contributed by atoms with Gasteiger partial charge >= 0.3 is 0 Å². The molecular formula is C27H31FN2O5. The summed E-state index contributed by atoms with van der Waals surface area (Å²) in [6.07, 6.45) is 0.680. The number of halogens is 1. The monoisotopic (exact) mass is 482 g/mol. The molecule has 0 bridgehead atoms. The summed E-state index contributed by atoms with van der Waals surface area (Å²) < 4.78 is 24.6. The molecule has 0 aromatic heterocycles. The molecule has 2 fully saturated rings. The molecule has 2 aliphatic rings. The van der Waals surface area contributed by atoms with E-state index >= 15 is 0 Å². The van der Waals surface area contributed by atoms with Gasteiger partial charge in [0.15, 0.2) is 0 Å². The highest BCUT2D eigenvalue weighted by Crippen LogP contribution is 2.40. The molecule has 0 aliphatic carbocycles. The van der Waals surface area contributed by atoms with Crippen molar-refractivity contribution in [2.24, 2.45) is 0 Å². The number of ketones is 1. The van der Waals surface area contributed by atoms with Gasteiger partial charge in [-0.1, -0.05) is 12.1 Å². The van der Waals surface area contributed by atoms with Gasteiger partial charge in [0.05, 0.1) is 30.9 Å². The summed E-state index contributed by atoms with van der Waals surface area (Å²) in [5, 5.41) is 11.1. The minimum absolute atomic E-state index is 0.00477. The zero-order valence-electron chi connectivity index (χ0n) is 20.1. The second-order valence-electron chi connectivity index (χ2n) is 9.04. The first kappa shape index (κ1) is 24.9. The second-order valence-corrected chi connectivity index (χ2v) is 9.04. The number of rotatable bonds is 8. The summed E-state index contributed by atoms with van der Waals surface area (Å²) in [6, 6.07) is 11.7. The highest BCUT2D eigenvalue weighted by molar-refractivity contribution is 6.46. The van der Waals surface area contributed by atoms with Gasteiger partial charge in [-0.25, -0.2) is 4.39 Å². The predicted molar refractivity (Wildman–Crippen MR) is 129 cm³/mol. The lowest BCUT2D eigenvalue weighted by Crippen LogP contribution is -2.38. The summed E-state index contributed by atoms with van der Waals surface area (Å²) in [5.74, 6) is -1.49. The number of carbonyl (C=O) groups excluding carboxylic acids is 2. The molecule has 1 atom stereocenters. The molecule has 1 amide bonds. The highest BCUT2D eigenvalue weighted by Gasteiger charge is 2.45. The third-order valence-electron chi connectivity index (χ3n) is 6.20. The van der Waals surface area contributed by atoms with Gasteiger partial charge in [0.1, 0.15) is 17.3 Å². The van der Waals surface area contributed by atoms with Crippen molar-refractivity contribution in [2.45, 2.75) is 32.4 Å². The summed E-state index contributed by atoms with van der Waals surface area (Å²) in [6.45, 7) is 8.05. The van der Waals surface area contributed by atoms with Crippen LogP contribution in [-0.2, 0) is 14.3 Å². The third-order valence-corrected chi connectivity index (χ3v) is 6.20. The van der Waals surface area contributed by atoms with Gasteiger partial charge in [-0.2, -0.15) is 0 Å². The molecular weight excluding hydrogens is 451 g/mol. The van der Waals surface area contributed by atoms with Crippen molar-refractivity contribution in [3.05, 3.63) is 71.0 Å². The summed E-state index contributed by atoms with van der Waals surface area (Å²) in [7, 11) is 0. The van der Waals surface area contributed by atoms with Crippen LogP contribution < -0.4 is 4.74 Å². The van der Waals surface area contributed by atoms with Crippen molar-refractivity contribution in [3.63, 3.8) is 0 Å². The molecule has 2 aliphatic heterocycles. The maximum absolute atomic E-state index is 13.4. The van der Waals surface area contributed by atoms with E-state index in [0.29, 0.717) is 37.5 Å². The average molecular weight is 483 g/mol. The highest BCUT2D eigenvalue weighted by atomic mass is 19.1. The summed E-state index contributed by atoms with van der Waals surface area (Å²) in [5.41, 5.74) is 0.975. The van der Waals surface area contributed by atoms with E-state index in [1.54, 1.807) is 24.3 Å². The van der Waals surface area contributed by atoms with Crippen molar-refractivity contribution >= 4 is 17.4 Å². The molecule has 0 saturated carbocycles. The first-order chi connectivity index (χ1) is 16.8. The molecule has 2 saturated heterocycles. The number of morpholine rings is 1. The fraction of sp³-hybridized carbons (Fsp3) is 0.407. The van der Waals surface area contributed by atoms with E-state index in [2.05, 4.69) is 4.90 Å². The Balaban J connectivity index is 1.66. The molecule has 35 heavy (non-hydrogen) atoms. The van der Waals surface area contributed by atoms with Gasteiger partial charge in [0.25, 0.3) is 11.7 Å². The van der Waals surface area contributed by atoms with Gasteiger partial charge in [0, 0.05) is 31.7 Å². The van der Waals surface area contributed by atoms with E-state index in [0.717, 1.165) is 19.6 Å². The quantitative estimate of drug-likeness (QED) is 0.351. The van der Waals surface area contributed by atoms with Crippen LogP contribution in [0.25, 0.3) is 5.76 Å². The summed E-state index contributed by atoms with van der Waals surface area (Å²) >= 11 is 0. The molecule has 1 unspecified atom stereocenters. The Kier molecular flexibility index (Phi) is 7.83. The number of hydrogen-bond acceptors (Lipinski definition) is 6. The topological polar surface area (TPSA) is 79.3 Å². The molecule has 7 nitrogen and oxygen atoms in total. The maximum atomic E-state index is 13.4. The van der Waals surface area contributed by atoms with Crippen LogP contribution in [0.1, 0.15) is 37.4 Å². The molecule has 0 radical (unpaired) electrons. The Labute approximate surface area is 204 Å². The fourth-order valence-electron chi connectivity index (χ4n) is 4.51. The second kappa shape index (κ2) is 11.0. The number of Topliss-reactive ketones (excluding diaryl/α,β-unsaturated/α-hetero) is 1. The number of likely N-dealkylation sites (tertiary alicyclic amines) is 1. The first-order valence-corrected chi connectivity index (χ1v) is 12.0. The van der Waals surface area contributed by atoms with Gasteiger partial charge in [0.2, 0.25) is 0 Å². The predicted octanol–water partition coefficient (Wildman–Crippen LogP) is 3.76. The number of hydrogen-bond donors (Lipinski definition) is 1. The zero-order valence-corrected chi connectivity index (χ0v) is 20.1. The normalized spacial score (nSPS) is 20.6. The van der Waals surface area contributed by atoms with Crippen LogP contribution >= 0.6 is 0 Å². The lowest BCUT2D eigenvalue weighted by molar-refractivity contribution is -0.140. The van der Waals surface area contributed by atoms with Gasteiger partial charge in [-0.05, 0) is 62.2 Å². The molecule has 0 spiro atoms. The molecule has 2 aromatic rings. The van der Waals surface area contributed by atoms with E-state index in [4.69, 9.17) is 9.47 Å². The van der Waals surface area contributed by atoms with E-state index in [1.165, 1.54) is 29.2 Å². The molecule has 2 heterocycles. The Hall–Kier alpha value is -3.23. The largest absolute Gasteiger partial charge is 0.507 e. The van der Waals surface area contributed by atoms with Crippen LogP contribution in [0.5, 0.6) is 5.75 Å². The SMILES string of the molecule is CC(C)Oc1ccc(C2C(=C(O)c3ccc(F)cc3)C(=O)C(=O)N2CCCN2CCOCC2)cc1. The fourth-order valence-corrected chi connectivity index (χ4v) is 4.51. The maximum Gasteiger partial charge on any atom is 0.295 e. The first-order valence-electron chi connectivity index (χ1n) is 12.0. The molecule has 8 heteroatoms. The Morgan fingerprint density at radius 2 is 1.71 bits per heavy atom.